The van der Waals surface area contributed by atoms with Gasteiger partial charge in [0.15, 0.2) is 0 Å². The van der Waals surface area contributed by atoms with Gasteiger partial charge in [-0.2, -0.15) is 0 Å². The minimum Gasteiger partial charge on any atom is -0.479 e. The first kappa shape index (κ1) is 13.5. The number of nitrogens with one attached hydrogen (secondary N) is 1. The molecule has 0 bridgehead atoms. The third-order valence-electron chi connectivity index (χ3n) is 3.40. The van der Waals surface area contributed by atoms with E-state index in [1.807, 2.05) is 0 Å². The van der Waals surface area contributed by atoms with Crippen molar-refractivity contribution in [1.82, 2.24) is 15.2 Å². The molecule has 1 fully saturated rings. The maximum Gasteiger partial charge on any atom is 0.369 e. The Labute approximate surface area is 120 Å². The minimum absolute atomic E-state index is 0.124. The predicted octanol–water partition coefficient (Wildman–Crippen LogP) is 2.16. The van der Waals surface area contributed by atoms with Crippen molar-refractivity contribution in [1.29, 1.82) is 0 Å². The van der Waals surface area contributed by atoms with Gasteiger partial charge in [0.25, 0.3) is 17.4 Å². The van der Waals surface area contributed by atoms with E-state index in [2.05, 4.69) is 25.4 Å². The average molecular weight is 293 g/mol. The Morgan fingerprint density at radius 2 is 1.95 bits per heavy atom. The van der Waals surface area contributed by atoms with Crippen molar-refractivity contribution >= 4 is 11.9 Å². The Morgan fingerprint density at radius 1 is 1.19 bits per heavy atom. The molecule has 0 radical (unpaired) electrons. The predicted molar refractivity (Wildman–Crippen MR) is 68.3 cm³/mol. The highest BCUT2D eigenvalue weighted by Crippen LogP contribution is 2.38. The van der Waals surface area contributed by atoms with Gasteiger partial charge in [-0.25, -0.2) is 4.79 Å². The maximum absolute atomic E-state index is 12.0. The Kier molecular flexibility index (Phi) is 3.32. The first-order valence-corrected chi connectivity index (χ1v) is 6.75. The number of aromatic amines is 1. The van der Waals surface area contributed by atoms with Crippen LogP contribution in [-0.2, 0) is 14.3 Å². The number of aromatic nitrogens is 3. The van der Waals surface area contributed by atoms with Crippen LogP contribution in [0.15, 0.2) is 21.9 Å². The summed E-state index contributed by atoms with van der Waals surface area (Å²) < 4.78 is 10.7. The Balaban J connectivity index is 1.80. The smallest absolute Gasteiger partial charge is 0.369 e. The lowest BCUT2D eigenvalue weighted by molar-refractivity contribution is -0.249. The van der Waals surface area contributed by atoms with Gasteiger partial charge in [-0.15, -0.1) is 20.4 Å². The highest BCUT2D eigenvalue weighted by molar-refractivity contribution is 5.89. The number of hydrogen-bond acceptors (Lipinski definition) is 8. The number of aliphatic hydroxyl groups is 1. The summed E-state index contributed by atoms with van der Waals surface area (Å²) in [5.74, 6) is -1.68. The summed E-state index contributed by atoms with van der Waals surface area (Å²) in [4.78, 5) is 14.7. The number of ether oxygens (including phenoxy) is 2. The van der Waals surface area contributed by atoms with Crippen LogP contribution in [0.5, 0.6) is 0 Å². The number of azo groups is 1. The molecule has 0 amide bonds. The van der Waals surface area contributed by atoms with Crippen LogP contribution in [0.1, 0.15) is 37.9 Å². The first-order valence-electron chi connectivity index (χ1n) is 6.75. The fourth-order valence-corrected chi connectivity index (χ4v) is 2.40. The largest absolute Gasteiger partial charge is 0.479 e. The molecule has 1 aromatic rings. The summed E-state index contributed by atoms with van der Waals surface area (Å²) >= 11 is 0. The molecule has 21 heavy (non-hydrogen) atoms. The number of H-pyrrole nitrogens is 1. The molecule has 112 valence electrons. The zero-order valence-corrected chi connectivity index (χ0v) is 11.5. The molecule has 9 heteroatoms. The summed E-state index contributed by atoms with van der Waals surface area (Å²) in [6, 6.07) is 0. The van der Waals surface area contributed by atoms with E-state index < -0.39 is 17.7 Å². The van der Waals surface area contributed by atoms with Crippen LogP contribution >= 0.6 is 0 Å². The van der Waals surface area contributed by atoms with Crippen LogP contribution in [0.4, 0.5) is 5.95 Å². The highest BCUT2D eigenvalue weighted by Gasteiger charge is 2.45. The molecular formula is C12H15N5O4. The maximum atomic E-state index is 12.0. The SMILES string of the molecule is Cc1nnc(N=NC2=C(O)OC3(CCCCC3)OC2=O)[nH]1. The van der Waals surface area contributed by atoms with Gasteiger partial charge < -0.3 is 19.6 Å². The van der Waals surface area contributed by atoms with Gasteiger partial charge in [-0.05, 0) is 19.8 Å². The molecule has 1 aliphatic heterocycles. The molecule has 0 aromatic carbocycles. The van der Waals surface area contributed by atoms with E-state index >= 15 is 0 Å². The first-order chi connectivity index (χ1) is 10.1. The third kappa shape index (κ3) is 2.71. The van der Waals surface area contributed by atoms with Crippen LogP contribution in [0.25, 0.3) is 0 Å². The van der Waals surface area contributed by atoms with Crippen molar-refractivity contribution in [3.8, 4) is 0 Å². The van der Waals surface area contributed by atoms with E-state index in [1.54, 1.807) is 6.92 Å². The summed E-state index contributed by atoms with van der Waals surface area (Å²) in [5, 5.41) is 24.6. The topological polar surface area (TPSA) is 122 Å². The van der Waals surface area contributed by atoms with Crippen LogP contribution in [0.2, 0.25) is 0 Å². The fraction of sp³-hybridized carbons (Fsp3) is 0.583. The number of aliphatic hydroxyl groups excluding tert-OH is 1. The van der Waals surface area contributed by atoms with E-state index in [0.717, 1.165) is 19.3 Å². The Morgan fingerprint density at radius 3 is 2.57 bits per heavy atom. The minimum atomic E-state index is -1.05. The monoisotopic (exact) mass is 293 g/mol. The van der Waals surface area contributed by atoms with Gasteiger partial charge in [-0.3, -0.25) is 0 Å². The lowest BCUT2D eigenvalue weighted by atomic mass is 9.93. The van der Waals surface area contributed by atoms with Crippen molar-refractivity contribution in [3.05, 3.63) is 17.5 Å². The molecule has 1 aromatic heterocycles. The molecule has 1 spiro atoms. The molecule has 0 unspecified atom stereocenters. The lowest BCUT2D eigenvalue weighted by Crippen LogP contribution is -2.43. The summed E-state index contributed by atoms with van der Waals surface area (Å²) in [5.41, 5.74) is -0.375. The van der Waals surface area contributed by atoms with Crippen LogP contribution in [-0.4, -0.2) is 32.0 Å². The number of rotatable bonds is 2. The van der Waals surface area contributed by atoms with Gasteiger partial charge in [0, 0.05) is 12.8 Å². The van der Waals surface area contributed by atoms with Gasteiger partial charge >= 0.3 is 11.9 Å². The molecule has 2 N–H and O–H groups in total. The normalized spacial score (nSPS) is 21.7. The van der Waals surface area contributed by atoms with Crippen LogP contribution in [0.3, 0.4) is 0 Å². The van der Waals surface area contributed by atoms with Crippen LogP contribution in [0, 0.1) is 6.92 Å². The number of nitrogens with zero attached hydrogens (tertiary/aromatic N) is 4. The molecule has 9 nitrogen and oxygen atoms in total. The zero-order chi connectivity index (χ0) is 14.9. The zero-order valence-electron chi connectivity index (χ0n) is 11.5. The van der Waals surface area contributed by atoms with Gasteiger partial charge in [0.1, 0.15) is 5.82 Å². The molecular weight excluding hydrogens is 278 g/mol. The van der Waals surface area contributed by atoms with Gasteiger partial charge in [-0.1, -0.05) is 6.42 Å². The number of hydrogen-bond donors (Lipinski definition) is 2. The van der Waals surface area contributed by atoms with Crippen molar-refractivity contribution in [2.24, 2.45) is 10.2 Å². The van der Waals surface area contributed by atoms with E-state index in [9.17, 15) is 9.90 Å². The van der Waals surface area contributed by atoms with Crippen molar-refractivity contribution < 1.29 is 19.4 Å². The van der Waals surface area contributed by atoms with Gasteiger partial charge in [0.2, 0.25) is 0 Å². The van der Waals surface area contributed by atoms with E-state index in [-0.39, 0.29) is 11.6 Å². The second-order valence-corrected chi connectivity index (χ2v) is 5.05. The van der Waals surface area contributed by atoms with Crippen molar-refractivity contribution in [3.63, 3.8) is 0 Å². The third-order valence-corrected chi connectivity index (χ3v) is 3.40. The standard InChI is InChI=1S/C12H15N5O4/c1-7-13-11(16-14-7)17-15-8-9(18)20-12(21-10(8)19)5-3-2-4-6-12/h18H,2-6H2,1H3,(H,13,14,16). The molecule has 0 saturated heterocycles. The number of carbonyl (C=O) groups is 1. The molecule has 3 rings (SSSR count). The Bertz CT molecular complexity index is 615. The van der Waals surface area contributed by atoms with E-state index in [4.69, 9.17) is 9.47 Å². The van der Waals surface area contributed by atoms with E-state index in [1.165, 1.54) is 0 Å². The summed E-state index contributed by atoms with van der Waals surface area (Å²) in [6.45, 7) is 1.70. The lowest BCUT2D eigenvalue weighted by Gasteiger charge is -2.38. The average Bonchev–Trinajstić information content (AvgIpc) is 2.84. The second-order valence-electron chi connectivity index (χ2n) is 5.05. The Hall–Kier alpha value is -2.45. The number of carbonyl (C=O) groups excluding carboxylic acids is 1. The second kappa shape index (κ2) is 5.15. The summed E-state index contributed by atoms with van der Waals surface area (Å²) in [6.07, 6.45) is 3.96. The van der Waals surface area contributed by atoms with E-state index in [0.29, 0.717) is 18.7 Å². The quantitative estimate of drug-likeness (QED) is 0.636. The van der Waals surface area contributed by atoms with Crippen molar-refractivity contribution in [2.45, 2.75) is 44.8 Å². The van der Waals surface area contributed by atoms with Crippen molar-refractivity contribution in [2.75, 3.05) is 0 Å². The molecule has 2 aliphatic rings. The highest BCUT2D eigenvalue weighted by atomic mass is 16.8. The van der Waals surface area contributed by atoms with Crippen LogP contribution < -0.4 is 0 Å². The molecule has 0 atom stereocenters. The fourth-order valence-electron chi connectivity index (χ4n) is 2.40. The van der Waals surface area contributed by atoms with Gasteiger partial charge in [0.05, 0.1) is 0 Å². The number of aryl methyl sites for hydroxylation is 1. The molecule has 1 aliphatic carbocycles. The molecule has 1 saturated carbocycles. The summed E-state index contributed by atoms with van der Waals surface area (Å²) in [7, 11) is 0. The molecule has 2 heterocycles. The number of esters is 1.